The van der Waals surface area contributed by atoms with Gasteiger partial charge >= 0.3 is 0 Å². The van der Waals surface area contributed by atoms with Crippen molar-refractivity contribution in [2.75, 3.05) is 26.4 Å². The number of rotatable bonds is 5. The molecule has 1 heterocycles. The van der Waals surface area contributed by atoms with E-state index in [1.807, 2.05) is 31.2 Å². The Morgan fingerprint density at radius 3 is 3.16 bits per heavy atom. The molecule has 1 aromatic rings. The van der Waals surface area contributed by atoms with Gasteiger partial charge in [-0.15, -0.1) is 0 Å². The van der Waals surface area contributed by atoms with Crippen molar-refractivity contribution in [3.8, 4) is 5.75 Å². The Labute approximate surface area is 114 Å². The highest BCUT2D eigenvalue weighted by Gasteiger charge is 2.23. The molecular formula is C15H21NO3. The molecule has 4 nitrogen and oxygen atoms in total. The summed E-state index contributed by atoms with van der Waals surface area (Å²) in [6, 6.07) is 7.94. The van der Waals surface area contributed by atoms with E-state index in [2.05, 4.69) is 5.32 Å². The fourth-order valence-electron chi connectivity index (χ4n) is 2.25. The van der Waals surface area contributed by atoms with Crippen LogP contribution < -0.4 is 10.1 Å². The van der Waals surface area contributed by atoms with Crippen molar-refractivity contribution in [2.24, 2.45) is 5.92 Å². The van der Waals surface area contributed by atoms with E-state index in [0.717, 1.165) is 24.2 Å². The van der Waals surface area contributed by atoms with Crippen molar-refractivity contribution in [1.82, 2.24) is 5.32 Å². The number of nitrogens with one attached hydrogen (secondary N) is 1. The summed E-state index contributed by atoms with van der Waals surface area (Å²) in [5.74, 6) is 0.998. The van der Waals surface area contributed by atoms with Crippen LogP contribution in [0, 0.1) is 5.92 Å². The lowest BCUT2D eigenvalue weighted by Gasteiger charge is -2.13. The Morgan fingerprint density at radius 2 is 2.32 bits per heavy atom. The molecule has 0 bridgehead atoms. The van der Waals surface area contributed by atoms with Crippen molar-refractivity contribution >= 4 is 5.91 Å². The normalized spacial score (nSPS) is 18.1. The van der Waals surface area contributed by atoms with Crippen LogP contribution in [0.5, 0.6) is 5.75 Å². The zero-order chi connectivity index (χ0) is 13.5. The van der Waals surface area contributed by atoms with Crippen LogP contribution in [0.15, 0.2) is 24.3 Å². The van der Waals surface area contributed by atoms with Gasteiger partial charge in [-0.1, -0.05) is 18.2 Å². The average Bonchev–Trinajstić information content (AvgIpc) is 2.65. The van der Waals surface area contributed by atoms with Crippen LogP contribution >= 0.6 is 0 Å². The first-order chi connectivity index (χ1) is 9.31. The van der Waals surface area contributed by atoms with Gasteiger partial charge in [-0.3, -0.25) is 4.79 Å². The van der Waals surface area contributed by atoms with Gasteiger partial charge in [0.15, 0.2) is 0 Å². The molecule has 1 aliphatic heterocycles. The molecule has 1 N–H and O–H groups in total. The molecular weight excluding hydrogens is 242 g/mol. The first-order valence-electron chi connectivity index (χ1n) is 6.87. The lowest BCUT2D eigenvalue weighted by atomic mass is 9.96. The van der Waals surface area contributed by atoms with Gasteiger partial charge < -0.3 is 14.8 Å². The topological polar surface area (TPSA) is 47.6 Å². The van der Waals surface area contributed by atoms with Crippen LogP contribution in [-0.4, -0.2) is 32.3 Å². The Balaban J connectivity index is 1.89. The summed E-state index contributed by atoms with van der Waals surface area (Å²) in [6.45, 7) is 4.37. The summed E-state index contributed by atoms with van der Waals surface area (Å²) in [6.07, 6.45) is 1.51. The van der Waals surface area contributed by atoms with E-state index in [1.54, 1.807) is 0 Å². The Morgan fingerprint density at radius 1 is 1.47 bits per heavy atom. The maximum absolute atomic E-state index is 12.1. The lowest BCUT2D eigenvalue weighted by molar-refractivity contribution is -0.125. The minimum atomic E-state index is -0.00900. The van der Waals surface area contributed by atoms with E-state index < -0.39 is 0 Å². The van der Waals surface area contributed by atoms with Gasteiger partial charge in [0.05, 0.1) is 13.2 Å². The molecule has 19 heavy (non-hydrogen) atoms. The zero-order valence-electron chi connectivity index (χ0n) is 11.4. The van der Waals surface area contributed by atoms with E-state index in [-0.39, 0.29) is 11.8 Å². The third kappa shape index (κ3) is 3.96. The fraction of sp³-hybridized carbons (Fsp3) is 0.533. The maximum atomic E-state index is 12.1. The number of carbonyl (C=O) groups is 1. The van der Waals surface area contributed by atoms with Gasteiger partial charge in [0.25, 0.3) is 0 Å². The summed E-state index contributed by atoms with van der Waals surface area (Å²) in [7, 11) is 0. The summed E-state index contributed by atoms with van der Waals surface area (Å²) in [5, 5.41) is 2.93. The Bertz CT molecular complexity index is 420. The van der Waals surface area contributed by atoms with Gasteiger partial charge in [-0.2, -0.15) is 0 Å². The van der Waals surface area contributed by atoms with Crippen LogP contribution in [0.25, 0.3) is 0 Å². The number of hydrogen-bond donors (Lipinski definition) is 1. The summed E-state index contributed by atoms with van der Waals surface area (Å²) in [5.41, 5.74) is 1.12. The second-order valence-electron chi connectivity index (χ2n) is 4.63. The van der Waals surface area contributed by atoms with Gasteiger partial charge in [-0.25, -0.2) is 0 Å². The quantitative estimate of drug-likeness (QED) is 0.824. The van der Waals surface area contributed by atoms with Crippen molar-refractivity contribution in [3.63, 3.8) is 0 Å². The fourth-order valence-corrected chi connectivity index (χ4v) is 2.25. The summed E-state index contributed by atoms with van der Waals surface area (Å²) < 4.78 is 10.9. The molecule has 1 aliphatic rings. The van der Waals surface area contributed by atoms with Crippen molar-refractivity contribution in [1.29, 1.82) is 0 Å². The molecule has 0 aliphatic carbocycles. The Kier molecular flexibility index (Phi) is 5.21. The molecule has 1 atom stereocenters. The number of amides is 1. The second-order valence-corrected chi connectivity index (χ2v) is 4.63. The van der Waals surface area contributed by atoms with E-state index in [9.17, 15) is 4.79 Å². The van der Waals surface area contributed by atoms with E-state index in [1.165, 1.54) is 0 Å². The van der Waals surface area contributed by atoms with Crippen molar-refractivity contribution in [3.05, 3.63) is 29.8 Å². The first kappa shape index (κ1) is 13.9. The monoisotopic (exact) mass is 263 g/mol. The average molecular weight is 263 g/mol. The van der Waals surface area contributed by atoms with Crippen LogP contribution in [0.3, 0.4) is 0 Å². The zero-order valence-corrected chi connectivity index (χ0v) is 11.4. The predicted molar refractivity (Wildman–Crippen MR) is 73.3 cm³/mol. The van der Waals surface area contributed by atoms with Gasteiger partial charge in [-0.05, 0) is 31.4 Å². The third-order valence-corrected chi connectivity index (χ3v) is 3.28. The van der Waals surface area contributed by atoms with Crippen LogP contribution in [0.2, 0.25) is 0 Å². The number of benzene rings is 1. The van der Waals surface area contributed by atoms with Gasteiger partial charge in [0, 0.05) is 19.1 Å². The van der Waals surface area contributed by atoms with Gasteiger partial charge in [0.2, 0.25) is 5.91 Å². The minimum absolute atomic E-state index is 0.00900. The minimum Gasteiger partial charge on any atom is -0.493 e. The molecule has 1 aromatic carbocycles. The molecule has 0 radical (unpaired) electrons. The largest absolute Gasteiger partial charge is 0.493 e. The van der Waals surface area contributed by atoms with Crippen molar-refractivity contribution < 1.29 is 14.3 Å². The molecule has 0 spiro atoms. The molecule has 0 saturated heterocycles. The number of carbonyl (C=O) groups excluding carboxylic acids is 1. The molecule has 0 saturated carbocycles. The highest BCUT2D eigenvalue weighted by atomic mass is 16.5. The molecule has 104 valence electrons. The smallest absolute Gasteiger partial charge is 0.223 e. The summed E-state index contributed by atoms with van der Waals surface area (Å²) in [4.78, 5) is 12.1. The molecule has 4 heteroatoms. The number of ether oxygens (including phenoxy) is 2. The number of hydrogen-bond acceptors (Lipinski definition) is 3. The number of para-hydroxylation sites is 1. The van der Waals surface area contributed by atoms with E-state index in [0.29, 0.717) is 26.4 Å². The lowest BCUT2D eigenvalue weighted by Crippen LogP contribution is -2.34. The molecule has 0 fully saturated rings. The molecule has 0 unspecified atom stereocenters. The van der Waals surface area contributed by atoms with E-state index in [4.69, 9.17) is 9.47 Å². The number of fused-ring (bicyclic) bond motifs is 1. The predicted octanol–water partition coefficient (Wildman–Crippen LogP) is 1.78. The Hall–Kier alpha value is -1.55. The second kappa shape index (κ2) is 7.14. The summed E-state index contributed by atoms with van der Waals surface area (Å²) >= 11 is 0. The SMILES string of the molecule is CCOCCNC(=O)[C@@H]1CCOc2ccccc2C1. The maximum Gasteiger partial charge on any atom is 0.223 e. The van der Waals surface area contributed by atoms with Crippen LogP contribution in [-0.2, 0) is 16.0 Å². The van der Waals surface area contributed by atoms with E-state index >= 15 is 0 Å². The van der Waals surface area contributed by atoms with Crippen LogP contribution in [0.1, 0.15) is 18.9 Å². The van der Waals surface area contributed by atoms with Crippen LogP contribution in [0.4, 0.5) is 0 Å². The van der Waals surface area contributed by atoms with Gasteiger partial charge in [0.1, 0.15) is 5.75 Å². The molecule has 0 aromatic heterocycles. The van der Waals surface area contributed by atoms with Crippen molar-refractivity contribution in [2.45, 2.75) is 19.8 Å². The third-order valence-electron chi connectivity index (χ3n) is 3.28. The molecule has 2 rings (SSSR count). The first-order valence-corrected chi connectivity index (χ1v) is 6.87. The molecule has 1 amide bonds. The highest BCUT2D eigenvalue weighted by Crippen LogP contribution is 2.26. The standard InChI is InChI=1S/C15H21NO3/c1-2-18-10-8-16-15(17)13-7-9-19-14-6-4-3-5-12(14)11-13/h3-6,13H,2,7-11H2,1H3,(H,16,17)/t13-/m1/s1. The highest BCUT2D eigenvalue weighted by molar-refractivity contribution is 5.79.